The zero-order valence-corrected chi connectivity index (χ0v) is 14.5. The number of thioether (sulfide) groups is 1. The minimum atomic E-state index is 0.687. The van der Waals surface area contributed by atoms with Crippen molar-refractivity contribution in [1.29, 1.82) is 0 Å². The maximum Gasteiger partial charge on any atom is 0.191 e. The number of nitrogens with zero attached hydrogens (tertiary/aromatic N) is 4. The summed E-state index contributed by atoms with van der Waals surface area (Å²) < 4.78 is 1.97. The van der Waals surface area contributed by atoms with Crippen LogP contribution in [0.15, 0.2) is 53.7 Å². The Kier molecular flexibility index (Phi) is 4.00. The van der Waals surface area contributed by atoms with Crippen molar-refractivity contribution in [2.75, 3.05) is 0 Å². The molecule has 0 aliphatic carbocycles. The Morgan fingerprint density at radius 1 is 1.12 bits per heavy atom. The molecule has 5 nitrogen and oxygen atoms in total. The summed E-state index contributed by atoms with van der Waals surface area (Å²) in [5.74, 6) is 2.43. The van der Waals surface area contributed by atoms with Crippen LogP contribution in [-0.4, -0.2) is 24.7 Å². The predicted molar refractivity (Wildman–Crippen MR) is 97.1 cm³/mol. The molecule has 0 unspecified atom stereocenters. The Morgan fingerprint density at radius 3 is 2.83 bits per heavy atom. The molecule has 120 valence electrons. The first-order chi connectivity index (χ1) is 11.7. The van der Waals surface area contributed by atoms with E-state index in [9.17, 15) is 0 Å². The van der Waals surface area contributed by atoms with Crippen LogP contribution in [0.25, 0.3) is 22.4 Å². The molecule has 24 heavy (non-hydrogen) atoms. The molecule has 2 aromatic carbocycles. The van der Waals surface area contributed by atoms with Gasteiger partial charge in [-0.2, -0.15) is 0 Å². The van der Waals surface area contributed by atoms with Crippen molar-refractivity contribution < 1.29 is 0 Å². The first kappa shape index (κ1) is 15.2. The highest BCUT2D eigenvalue weighted by Crippen LogP contribution is 2.26. The normalized spacial score (nSPS) is 11.2. The fourth-order valence-electron chi connectivity index (χ4n) is 2.53. The van der Waals surface area contributed by atoms with E-state index in [2.05, 4.69) is 20.2 Å². The van der Waals surface area contributed by atoms with Crippen molar-refractivity contribution in [3.63, 3.8) is 0 Å². The van der Waals surface area contributed by atoms with Crippen molar-refractivity contribution in [3.05, 3.63) is 59.4 Å². The summed E-state index contributed by atoms with van der Waals surface area (Å²) in [4.78, 5) is 7.91. The maximum atomic E-state index is 6.06. The van der Waals surface area contributed by atoms with E-state index in [1.165, 1.54) is 0 Å². The lowest BCUT2D eigenvalue weighted by atomic mass is 10.2. The van der Waals surface area contributed by atoms with Crippen molar-refractivity contribution in [1.82, 2.24) is 24.7 Å². The molecule has 1 N–H and O–H groups in total. The Morgan fingerprint density at radius 2 is 2.00 bits per heavy atom. The number of hydrogen-bond acceptors (Lipinski definition) is 4. The molecule has 0 radical (unpaired) electrons. The molecule has 0 atom stereocenters. The first-order valence-corrected chi connectivity index (χ1v) is 8.79. The van der Waals surface area contributed by atoms with Gasteiger partial charge in [0.15, 0.2) is 11.0 Å². The number of aromatic amines is 1. The lowest BCUT2D eigenvalue weighted by Crippen LogP contribution is -1.95. The Balaban J connectivity index is 1.55. The molecule has 0 saturated heterocycles. The lowest BCUT2D eigenvalue weighted by molar-refractivity contribution is 0.793. The number of benzene rings is 2. The van der Waals surface area contributed by atoms with E-state index in [-0.39, 0.29) is 0 Å². The van der Waals surface area contributed by atoms with Crippen LogP contribution in [0.4, 0.5) is 0 Å². The van der Waals surface area contributed by atoms with Gasteiger partial charge >= 0.3 is 0 Å². The molecule has 2 aromatic heterocycles. The molecule has 7 heteroatoms. The highest BCUT2D eigenvalue weighted by molar-refractivity contribution is 7.98. The lowest BCUT2D eigenvalue weighted by Gasteiger charge is -2.03. The number of hydrogen-bond donors (Lipinski definition) is 1. The van der Waals surface area contributed by atoms with Crippen molar-refractivity contribution in [3.8, 4) is 11.4 Å². The summed E-state index contributed by atoms with van der Waals surface area (Å²) >= 11 is 7.66. The number of aromatic nitrogens is 5. The molecule has 0 aliphatic rings. The summed E-state index contributed by atoms with van der Waals surface area (Å²) in [6.45, 7) is 0. The zero-order valence-electron chi connectivity index (χ0n) is 12.9. The predicted octanol–water partition coefficient (Wildman–Crippen LogP) is 4.30. The average molecular weight is 356 g/mol. The molecule has 0 amide bonds. The van der Waals surface area contributed by atoms with Crippen LogP contribution < -0.4 is 0 Å². The summed E-state index contributed by atoms with van der Waals surface area (Å²) in [5, 5.41) is 10.1. The van der Waals surface area contributed by atoms with Crippen LogP contribution in [0.2, 0.25) is 5.02 Å². The summed E-state index contributed by atoms with van der Waals surface area (Å²) in [6, 6.07) is 15.6. The van der Waals surface area contributed by atoms with E-state index in [4.69, 9.17) is 11.6 Å². The van der Waals surface area contributed by atoms with Crippen molar-refractivity contribution in [2.24, 2.45) is 7.05 Å². The van der Waals surface area contributed by atoms with Gasteiger partial charge in [-0.05, 0) is 24.3 Å². The van der Waals surface area contributed by atoms with Crippen LogP contribution >= 0.6 is 23.4 Å². The highest BCUT2D eigenvalue weighted by Gasteiger charge is 2.12. The molecular weight excluding hydrogens is 342 g/mol. The van der Waals surface area contributed by atoms with Crippen LogP contribution in [0, 0.1) is 0 Å². The molecule has 2 heterocycles. The first-order valence-electron chi connectivity index (χ1n) is 7.42. The highest BCUT2D eigenvalue weighted by atomic mass is 35.5. The van der Waals surface area contributed by atoms with Gasteiger partial charge in [0, 0.05) is 17.6 Å². The van der Waals surface area contributed by atoms with Gasteiger partial charge in [0.05, 0.1) is 16.8 Å². The monoisotopic (exact) mass is 355 g/mol. The fourth-order valence-corrected chi connectivity index (χ4v) is 3.50. The summed E-state index contributed by atoms with van der Waals surface area (Å²) in [7, 11) is 1.96. The van der Waals surface area contributed by atoms with E-state index >= 15 is 0 Å². The minimum Gasteiger partial charge on any atom is -0.341 e. The van der Waals surface area contributed by atoms with E-state index in [0.717, 1.165) is 33.4 Å². The number of fused-ring (bicyclic) bond motifs is 1. The van der Waals surface area contributed by atoms with E-state index in [1.54, 1.807) is 11.8 Å². The van der Waals surface area contributed by atoms with Gasteiger partial charge < -0.3 is 9.55 Å². The maximum absolute atomic E-state index is 6.06. The van der Waals surface area contributed by atoms with Gasteiger partial charge in [-0.25, -0.2) is 4.98 Å². The molecule has 4 aromatic rings. The van der Waals surface area contributed by atoms with Gasteiger partial charge in [-0.15, -0.1) is 10.2 Å². The van der Waals surface area contributed by atoms with Crippen LogP contribution in [0.5, 0.6) is 0 Å². The topological polar surface area (TPSA) is 59.4 Å². The zero-order chi connectivity index (χ0) is 16.5. The van der Waals surface area contributed by atoms with Gasteiger partial charge in [0.25, 0.3) is 0 Å². The number of para-hydroxylation sites is 2. The molecule has 0 saturated carbocycles. The SMILES string of the molecule is Cn1c(SCc2nc3ccccc3[nH]2)nnc1-c1cccc(Cl)c1. The second-order valence-corrected chi connectivity index (χ2v) is 6.74. The van der Waals surface area contributed by atoms with Crippen LogP contribution in [0.3, 0.4) is 0 Å². The minimum absolute atomic E-state index is 0.687. The number of nitrogens with one attached hydrogen (secondary N) is 1. The number of H-pyrrole nitrogens is 1. The largest absolute Gasteiger partial charge is 0.341 e. The van der Waals surface area contributed by atoms with E-state index < -0.39 is 0 Å². The molecule has 0 spiro atoms. The Bertz CT molecular complexity index is 974. The van der Waals surface area contributed by atoms with Gasteiger partial charge in [0.1, 0.15) is 5.82 Å². The van der Waals surface area contributed by atoms with Crippen molar-refractivity contribution in [2.45, 2.75) is 10.9 Å². The third kappa shape index (κ3) is 2.90. The molecule has 0 aliphatic heterocycles. The van der Waals surface area contributed by atoms with Crippen LogP contribution in [-0.2, 0) is 12.8 Å². The van der Waals surface area contributed by atoms with Gasteiger partial charge in [-0.3, -0.25) is 0 Å². The van der Waals surface area contributed by atoms with E-state index in [0.29, 0.717) is 10.8 Å². The van der Waals surface area contributed by atoms with Gasteiger partial charge in [0.2, 0.25) is 0 Å². The second-order valence-electron chi connectivity index (χ2n) is 5.36. The standard InChI is InChI=1S/C17H14ClN5S/c1-23-16(11-5-4-6-12(18)9-11)21-22-17(23)24-10-15-19-13-7-2-3-8-14(13)20-15/h2-9H,10H2,1H3,(H,19,20). The Labute approximate surface area is 148 Å². The second kappa shape index (κ2) is 6.30. The third-order valence-electron chi connectivity index (χ3n) is 3.69. The molecule has 0 fully saturated rings. The quantitative estimate of drug-likeness (QED) is 0.554. The molecule has 0 bridgehead atoms. The number of imidazole rings is 1. The van der Waals surface area contributed by atoms with Gasteiger partial charge in [-0.1, -0.05) is 47.6 Å². The molecule has 4 rings (SSSR count). The summed E-state index contributed by atoms with van der Waals surface area (Å²) in [5.41, 5.74) is 2.98. The third-order valence-corrected chi connectivity index (χ3v) is 4.96. The van der Waals surface area contributed by atoms with E-state index in [1.807, 2.05) is 60.1 Å². The van der Waals surface area contributed by atoms with Crippen molar-refractivity contribution >= 4 is 34.4 Å². The molecular formula is C17H14ClN5S. The number of halogens is 1. The fraction of sp³-hybridized carbons (Fsp3) is 0.118. The average Bonchev–Trinajstić information content (AvgIpc) is 3.16. The Hall–Kier alpha value is -2.31. The number of rotatable bonds is 4. The van der Waals surface area contributed by atoms with Crippen LogP contribution in [0.1, 0.15) is 5.82 Å². The summed E-state index contributed by atoms with van der Waals surface area (Å²) in [6.07, 6.45) is 0. The smallest absolute Gasteiger partial charge is 0.191 e.